The summed E-state index contributed by atoms with van der Waals surface area (Å²) in [5, 5.41) is 20.0. The molecule has 0 amide bonds. The first-order chi connectivity index (χ1) is 23.6. The van der Waals surface area contributed by atoms with Crippen LogP contribution in [0.5, 0.6) is 0 Å². The molecule has 0 spiro atoms. The highest BCUT2D eigenvalue weighted by molar-refractivity contribution is 5.71. The number of aromatic nitrogens is 2. The van der Waals surface area contributed by atoms with Crippen LogP contribution in [0.1, 0.15) is 46.5 Å². The van der Waals surface area contributed by atoms with Crippen molar-refractivity contribution in [3.63, 3.8) is 0 Å². The summed E-state index contributed by atoms with van der Waals surface area (Å²) in [5.41, 5.74) is 10.6. The van der Waals surface area contributed by atoms with Crippen LogP contribution in [-0.2, 0) is 36.5 Å². The SMILES string of the molecule is N#C[C@@]1(Cc2ccccc2)CCc2c(-c3ccccc3)ccnc21.N#C[C@@]1(Cc2ccccc2)CCc2c(-c3ccccc3)ccnc21. The molecule has 0 fully saturated rings. The number of fused-ring (bicyclic) bond motifs is 2. The van der Waals surface area contributed by atoms with Gasteiger partial charge in [0.05, 0.1) is 23.5 Å². The molecule has 6 aromatic rings. The molecule has 0 unspecified atom stereocenters. The summed E-state index contributed by atoms with van der Waals surface area (Å²) in [6.07, 6.45) is 8.65. The standard InChI is InChI=1S/2C22H18N2/c2*23-16-22(15-17-7-3-1-4-8-17)13-11-20-19(12-14-24-21(20)22)18-9-5-2-6-10-18/h2*1-10,12,14H,11,13,15H2/t2*22-/m00/s1. The van der Waals surface area contributed by atoms with Gasteiger partial charge < -0.3 is 0 Å². The van der Waals surface area contributed by atoms with Crippen molar-refractivity contribution >= 4 is 0 Å². The Labute approximate surface area is 283 Å². The third-order valence-corrected chi connectivity index (χ3v) is 9.92. The van der Waals surface area contributed by atoms with Gasteiger partial charge in [0.2, 0.25) is 0 Å². The van der Waals surface area contributed by atoms with Gasteiger partial charge in [-0.2, -0.15) is 10.5 Å². The molecule has 4 aromatic carbocycles. The predicted molar refractivity (Wildman–Crippen MR) is 191 cm³/mol. The lowest BCUT2D eigenvalue weighted by Crippen LogP contribution is -2.25. The highest BCUT2D eigenvalue weighted by Crippen LogP contribution is 2.44. The molecule has 2 atom stereocenters. The summed E-state index contributed by atoms with van der Waals surface area (Å²) < 4.78 is 0. The van der Waals surface area contributed by atoms with E-state index in [1.165, 1.54) is 44.5 Å². The Bertz CT molecular complexity index is 1940. The zero-order valence-electron chi connectivity index (χ0n) is 26.9. The van der Waals surface area contributed by atoms with E-state index in [1.54, 1.807) is 0 Å². The van der Waals surface area contributed by atoms with Crippen LogP contribution in [0.4, 0.5) is 0 Å². The van der Waals surface area contributed by atoms with E-state index in [1.807, 2.05) is 60.9 Å². The Morgan fingerprint density at radius 3 is 1.19 bits per heavy atom. The number of rotatable bonds is 6. The fraction of sp³-hybridized carbons (Fsp3) is 0.182. The molecular formula is C44H36N4. The van der Waals surface area contributed by atoms with Crippen molar-refractivity contribution in [1.82, 2.24) is 9.97 Å². The summed E-state index contributed by atoms with van der Waals surface area (Å²) in [4.78, 5) is 9.29. The molecule has 2 aromatic heterocycles. The molecule has 2 aliphatic carbocycles. The number of nitriles is 2. The van der Waals surface area contributed by atoms with Gasteiger partial charge in [0.15, 0.2) is 0 Å². The van der Waals surface area contributed by atoms with Crippen molar-refractivity contribution in [2.75, 3.05) is 0 Å². The monoisotopic (exact) mass is 620 g/mol. The van der Waals surface area contributed by atoms with E-state index in [-0.39, 0.29) is 0 Å². The molecule has 4 heteroatoms. The molecule has 2 aliphatic rings. The van der Waals surface area contributed by atoms with Gasteiger partial charge in [0, 0.05) is 12.4 Å². The molecule has 0 aliphatic heterocycles. The quantitative estimate of drug-likeness (QED) is 0.186. The molecule has 2 heterocycles. The summed E-state index contributed by atoms with van der Waals surface area (Å²) in [5.74, 6) is 0. The zero-order valence-corrected chi connectivity index (χ0v) is 26.9. The maximum Gasteiger partial charge on any atom is 0.104 e. The van der Waals surface area contributed by atoms with Gasteiger partial charge >= 0.3 is 0 Å². The number of benzene rings is 4. The van der Waals surface area contributed by atoms with E-state index in [9.17, 15) is 10.5 Å². The van der Waals surface area contributed by atoms with Crippen molar-refractivity contribution < 1.29 is 0 Å². The second-order valence-corrected chi connectivity index (χ2v) is 12.8. The highest BCUT2D eigenvalue weighted by Gasteiger charge is 2.43. The van der Waals surface area contributed by atoms with Crippen LogP contribution in [0.25, 0.3) is 22.3 Å². The maximum absolute atomic E-state index is 10.00. The molecule has 0 saturated carbocycles. The predicted octanol–water partition coefficient (Wildman–Crippen LogP) is 9.40. The van der Waals surface area contributed by atoms with Crippen LogP contribution < -0.4 is 0 Å². The van der Waals surface area contributed by atoms with Gasteiger partial charge in [-0.3, -0.25) is 9.97 Å². The molecule has 0 N–H and O–H groups in total. The van der Waals surface area contributed by atoms with E-state index < -0.39 is 10.8 Å². The van der Waals surface area contributed by atoms with Crippen LogP contribution >= 0.6 is 0 Å². The van der Waals surface area contributed by atoms with E-state index in [4.69, 9.17) is 0 Å². The zero-order chi connectivity index (χ0) is 32.8. The van der Waals surface area contributed by atoms with Gasteiger partial charge in [-0.25, -0.2) is 0 Å². The first-order valence-corrected chi connectivity index (χ1v) is 16.6. The van der Waals surface area contributed by atoms with E-state index >= 15 is 0 Å². The Morgan fingerprint density at radius 1 is 0.479 bits per heavy atom. The second kappa shape index (κ2) is 13.5. The van der Waals surface area contributed by atoms with Crippen molar-refractivity contribution in [3.05, 3.63) is 179 Å². The van der Waals surface area contributed by atoms with E-state index in [0.29, 0.717) is 0 Å². The van der Waals surface area contributed by atoms with Gasteiger partial charge in [0.1, 0.15) is 10.8 Å². The Kier molecular flexibility index (Phi) is 8.65. The van der Waals surface area contributed by atoms with Gasteiger partial charge in [0.25, 0.3) is 0 Å². The Hall–Kier alpha value is -5.84. The molecular weight excluding hydrogens is 585 g/mol. The van der Waals surface area contributed by atoms with Crippen LogP contribution in [0.15, 0.2) is 146 Å². The minimum atomic E-state index is -0.512. The third kappa shape index (κ3) is 5.90. The van der Waals surface area contributed by atoms with Crippen LogP contribution in [-0.4, -0.2) is 9.97 Å². The molecule has 4 nitrogen and oxygen atoms in total. The average molecular weight is 621 g/mol. The number of nitrogens with zero attached hydrogens (tertiary/aromatic N) is 4. The number of pyridine rings is 2. The first-order valence-electron chi connectivity index (χ1n) is 16.6. The van der Waals surface area contributed by atoms with E-state index in [0.717, 1.165) is 49.9 Å². The largest absolute Gasteiger partial charge is 0.259 e. The normalized spacial score (nSPS) is 18.8. The van der Waals surface area contributed by atoms with E-state index in [2.05, 4.69) is 107 Å². The van der Waals surface area contributed by atoms with Gasteiger partial charge in [-0.05, 0) is 95.2 Å². The lowest BCUT2D eigenvalue weighted by atomic mass is 9.80. The second-order valence-electron chi connectivity index (χ2n) is 12.8. The Balaban J connectivity index is 0.000000152. The average Bonchev–Trinajstić information content (AvgIpc) is 3.72. The van der Waals surface area contributed by atoms with Crippen LogP contribution in [0, 0.1) is 22.7 Å². The molecule has 48 heavy (non-hydrogen) atoms. The smallest absolute Gasteiger partial charge is 0.104 e. The van der Waals surface area contributed by atoms with Crippen molar-refractivity contribution in [3.8, 4) is 34.4 Å². The molecule has 0 saturated heterocycles. The first kappa shape index (κ1) is 30.8. The van der Waals surface area contributed by atoms with Gasteiger partial charge in [-0.15, -0.1) is 0 Å². The summed E-state index contributed by atoms with van der Waals surface area (Å²) in [7, 11) is 0. The number of hydrogen-bond donors (Lipinski definition) is 0. The summed E-state index contributed by atoms with van der Waals surface area (Å²) in [6, 6.07) is 50.6. The van der Waals surface area contributed by atoms with Crippen molar-refractivity contribution in [2.45, 2.75) is 49.4 Å². The number of hydrogen-bond acceptors (Lipinski definition) is 4. The topological polar surface area (TPSA) is 73.4 Å². The maximum atomic E-state index is 10.00. The van der Waals surface area contributed by atoms with Crippen LogP contribution in [0.2, 0.25) is 0 Å². The summed E-state index contributed by atoms with van der Waals surface area (Å²) in [6.45, 7) is 0. The van der Waals surface area contributed by atoms with Gasteiger partial charge in [-0.1, -0.05) is 121 Å². The van der Waals surface area contributed by atoms with Crippen molar-refractivity contribution in [2.24, 2.45) is 0 Å². The third-order valence-electron chi connectivity index (χ3n) is 9.92. The Morgan fingerprint density at radius 2 is 0.833 bits per heavy atom. The van der Waals surface area contributed by atoms with Crippen molar-refractivity contribution in [1.29, 1.82) is 10.5 Å². The molecule has 0 bridgehead atoms. The fourth-order valence-electron chi connectivity index (χ4n) is 7.54. The minimum Gasteiger partial charge on any atom is -0.259 e. The molecule has 8 rings (SSSR count). The summed E-state index contributed by atoms with van der Waals surface area (Å²) >= 11 is 0. The fourth-order valence-corrected chi connectivity index (χ4v) is 7.54. The molecule has 232 valence electrons. The lowest BCUT2D eigenvalue weighted by Gasteiger charge is -2.21. The highest BCUT2D eigenvalue weighted by atomic mass is 14.7. The lowest BCUT2D eigenvalue weighted by molar-refractivity contribution is 0.528. The van der Waals surface area contributed by atoms with Crippen LogP contribution in [0.3, 0.4) is 0 Å². The minimum absolute atomic E-state index is 0.512. The molecule has 0 radical (unpaired) electrons.